The van der Waals surface area contributed by atoms with Crippen LogP contribution in [0.5, 0.6) is 11.5 Å². The number of aryl methyl sites for hydroxylation is 1. The zero-order valence-corrected chi connectivity index (χ0v) is 21.4. The van der Waals surface area contributed by atoms with Gasteiger partial charge in [0.05, 0.1) is 6.10 Å². The molecule has 1 aromatic heterocycles. The minimum atomic E-state index is -0.280. The zero-order valence-electron chi connectivity index (χ0n) is 21.4. The summed E-state index contributed by atoms with van der Waals surface area (Å²) in [7, 11) is 0. The summed E-state index contributed by atoms with van der Waals surface area (Å²) in [6.45, 7) is 3.63. The van der Waals surface area contributed by atoms with Gasteiger partial charge in [0, 0.05) is 42.5 Å². The van der Waals surface area contributed by atoms with Crippen LogP contribution in [0.15, 0.2) is 53.5 Å². The van der Waals surface area contributed by atoms with Crippen molar-refractivity contribution < 1.29 is 18.6 Å². The molecule has 0 spiro atoms. The molecule has 2 bridgehead atoms. The molecule has 4 atom stereocenters. The Morgan fingerprint density at radius 1 is 1.05 bits per heavy atom. The molecular formula is C30H35FN2O4. The van der Waals surface area contributed by atoms with Crippen LogP contribution in [0.4, 0.5) is 4.39 Å². The lowest BCUT2D eigenvalue weighted by Crippen LogP contribution is -2.47. The predicted octanol–water partition coefficient (Wildman–Crippen LogP) is 5.20. The molecule has 6 nitrogen and oxygen atoms in total. The van der Waals surface area contributed by atoms with Crippen LogP contribution in [0.3, 0.4) is 0 Å². The Morgan fingerprint density at radius 2 is 1.89 bits per heavy atom. The van der Waals surface area contributed by atoms with Crippen molar-refractivity contribution in [2.24, 2.45) is 0 Å². The molecule has 4 heterocycles. The third-order valence-corrected chi connectivity index (χ3v) is 8.25. The van der Waals surface area contributed by atoms with Crippen LogP contribution < -0.4 is 15.0 Å². The average molecular weight is 507 g/mol. The lowest BCUT2D eigenvalue weighted by molar-refractivity contribution is 0.0456. The highest BCUT2D eigenvalue weighted by Crippen LogP contribution is 2.37. The van der Waals surface area contributed by atoms with E-state index in [1.165, 1.54) is 0 Å². The maximum Gasteiger partial charge on any atom is 0.262 e. The highest BCUT2D eigenvalue weighted by Gasteiger charge is 2.41. The number of alkyl halides is 1. The first-order valence-corrected chi connectivity index (χ1v) is 13.6. The number of aromatic nitrogens is 1. The molecule has 3 aromatic rings. The first-order chi connectivity index (χ1) is 18.1. The molecule has 0 amide bonds. The van der Waals surface area contributed by atoms with E-state index < -0.39 is 0 Å². The summed E-state index contributed by atoms with van der Waals surface area (Å²) in [6.07, 6.45) is 8.40. The molecule has 3 fully saturated rings. The van der Waals surface area contributed by atoms with Crippen molar-refractivity contribution >= 4 is 10.8 Å². The fourth-order valence-corrected chi connectivity index (χ4v) is 6.36. The second-order valence-corrected chi connectivity index (χ2v) is 10.7. The number of nitrogens with zero attached hydrogens (tertiary/aromatic N) is 2. The van der Waals surface area contributed by atoms with Crippen LogP contribution in [0.2, 0.25) is 0 Å². The quantitative estimate of drug-likeness (QED) is 0.420. The molecule has 0 unspecified atom stereocenters. The molecule has 37 heavy (non-hydrogen) atoms. The molecule has 3 aliphatic rings. The van der Waals surface area contributed by atoms with E-state index in [9.17, 15) is 9.18 Å². The molecule has 196 valence electrons. The number of benzene rings is 2. The molecule has 0 aliphatic carbocycles. The first-order valence-electron chi connectivity index (χ1n) is 13.6. The summed E-state index contributed by atoms with van der Waals surface area (Å²) < 4.78 is 32.6. The number of piperidine rings is 1. The molecule has 0 saturated carbocycles. The lowest BCUT2D eigenvalue weighted by Gasteiger charge is -2.38. The molecule has 0 radical (unpaired) electrons. The van der Waals surface area contributed by atoms with Gasteiger partial charge < -0.3 is 14.2 Å². The van der Waals surface area contributed by atoms with Gasteiger partial charge in [-0.15, -0.1) is 0 Å². The number of ether oxygens (including phenoxy) is 3. The van der Waals surface area contributed by atoms with Crippen molar-refractivity contribution in [3.63, 3.8) is 0 Å². The number of fused-ring (bicyclic) bond motifs is 3. The maximum atomic E-state index is 13.3. The summed E-state index contributed by atoms with van der Waals surface area (Å²) in [6, 6.07) is 14.4. The van der Waals surface area contributed by atoms with E-state index in [2.05, 4.69) is 4.90 Å². The van der Waals surface area contributed by atoms with E-state index in [4.69, 9.17) is 14.2 Å². The molecule has 6 rings (SSSR count). The van der Waals surface area contributed by atoms with E-state index >= 15 is 0 Å². The Balaban J connectivity index is 1.16. The molecule has 3 saturated heterocycles. The van der Waals surface area contributed by atoms with Crippen LogP contribution in [0.1, 0.15) is 44.1 Å². The fourth-order valence-electron chi connectivity index (χ4n) is 6.36. The van der Waals surface area contributed by atoms with Crippen molar-refractivity contribution in [3.05, 3.63) is 64.6 Å². The molecule has 0 N–H and O–H groups in total. The minimum Gasteiger partial charge on any atom is -0.491 e. The van der Waals surface area contributed by atoms with Gasteiger partial charge in [-0.1, -0.05) is 0 Å². The standard InChI is InChI=1S/C30H35FN2O4/c1-20-15-22(6-9-29(20)37-27-17-23-4-5-24(18-27)32(23)13-11-31)33-12-10-21-16-25(7-8-28(21)30(33)34)36-19-26-3-2-14-35-26/h6-10,12,15-16,23-24,26-27H,2-5,11,13-14,17-19H2,1H3/t23-,24+,26-,27-/m1/s1. The highest BCUT2D eigenvalue weighted by atomic mass is 19.1. The van der Waals surface area contributed by atoms with Crippen LogP contribution in [-0.2, 0) is 4.74 Å². The minimum absolute atomic E-state index is 0.0620. The summed E-state index contributed by atoms with van der Waals surface area (Å²) in [4.78, 5) is 15.7. The van der Waals surface area contributed by atoms with Gasteiger partial charge in [0.1, 0.15) is 30.9 Å². The van der Waals surface area contributed by atoms with Crippen LogP contribution >= 0.6 is 0 Å². The average Bonchev–Trinajstić information content (AvgIpc) is 3.50. The molecule has 7 heteroatoms. The smallest absolute Gasteiger partial charge is 0.262 e. The van der Waals surface area contributed by atoms with Gasteiger partial charge >= 0.3 is 0 Å². The van der Waals surface area contributed by atoms with Gasteiger partial charge in [-0.3, -0.25) is 14.3 Å². The van der Waals surface area contributed by atoms with Gasteiger partial charge in [-0.2, -0.15) is 0 Å². The molecule has 3 aliphatic heterocycles. The van der Waals surface area contributed by atoms with Gasteiger partial charge in [-0.05, 0) is 98.9 Å². The van der Waals surface area contributed by atoms with Gasteiger partial charge in [0.25, 0.3) is 5.56 Å². The van der Waals surface area contributed by atoms with Crippen LogP contribution in [0, 0.1) is 6.92 Å². The Hall–Kier alpha value is -2.90. The largest absolute Gasteiger partial charge is 0.491 e. The third-order valence-electron chi connectivity index (χ3n) is 8.25. The number of rotatable bonds is 8. The van der Waals surface area contributed by atoms with Crippen molar-refractivity contribution in [2.45, 2.75) is 69.7 Å². The molecular weight excluding hydrogens is 471 g/mol. The van der Waals surface area contributed by atoms with Crippen molar-refractivity contribution in [1.82, 2.24) is 9.47 Å². The van der Waals surface area contributed by atoms with E-state index in [1.54, 1.807) is 4.57 Å². The van der Waals surface area contributed by atoms with Crippen LogP contribution in [0.25, 0.3) is 16.5 Å². The number of hydrogen-bond donors (Lipinski definition) is 0. The van der Waals surface area contributed by atoms with Crippen molar-refractivity contribution in [1.29, 1.82) is 0 Å². The normalized spacial score (nSPS) is 25.6. The summed E-state index contributed by atoms with van der Waals surface area (Å²) in [5.74, 6) is 1.61. The lowest BCUT2D eigenvalue weighted by atomic mass is 9.99. The molecule has 2 aromatic carbocycles. The van der Waals surface area contributed by atoms with Gasteiger partial charge in [-0.25, -0.2) is 4.39 Å². The van der Waals surface area contributed by atoms with Gasteiger partial charge in [0.15, 0.2) is 0 Å². The predicted molar refractivity (Wildman–Crippen MR) is 142 cm³/mol. The first kappa shape index (κ1) is 24.4. The van der Waals surface area contributed by atoms with E-state index in [1.807, 2.05) is 55.6 Å². The van der Waals surface area contributed by atoms with Crippen molar-refractivity contribution in [2.75, 3.05) is 26.4 Å². The summed E-state index contributed by atoms with van der Waals surface area (Å²) >= 11 is 0. The van der Waals surface area contributed by atoms with E-state index in [0.717, 1.165) is 73.3 Å². The Morgan fingerprint density at radius 3 is 2.62 bits per heavy atom. The monoisotopic (exact) mass is 506 g/mol. The third kappa shape index (κ3) is 4.99. The maximum absolute atomic E-state index is 13.3. The highest BCUT2D eigenvalue weighted by molar-refractivity contribution is 5.83. The topological polar surface area (TPSA) is 52.9 Å². The fraction of sp³-hybridized carbons (Fsp3) is 0.500. The number of halogens is 1. The zero-order chi connectivity index (χ0) is 25.4. The summed E-state index contributed by atoms with van der Waals surface area (Å²) in [5.41, 5.74) is 1.75. The SMILES string of the molecule is Cc1cc(-n2ccc3cc(OC[C@H]4CCCO4)ccc3c2=O)ccc1O[C@@H]1C[C@H]2CC[C@@H](C1)N2CCF. The number of pyridine rings is 1. The van der Waals surface area contributed by atoms with E-state index in [-0.39, 0.29) is 24.4 Å². The second kappa shape index (κ2) is 10.5. The Bertz CT molecular complexity index is 1300. The van der Waals surface area contributed by atoms with Gasteiger partial charge in [0.2, 0.25) is 0 Å². The van der Waals surface area contributed by atoms with Crippen LogP contribution in [-0.4, -0.2) is 60.2 Å². The number of hydrogen-bond acceptors (Lipinski definition) is 5. The Labute approximate surface area is 216 Å². The van der Waals surface area contributed by atoms with E-state index in [0.29, 0.717) is 30.6 Å². The Kier molecular flexibility index (Phi) is 6.91. The van der Waals surface area contributed by atoms with Crippen molar-refractivity contribution in [3.8, 4) is 17.2 Å². The second-order valence-electron chi connectivity index (χ2n) is 10.7. The summed E-state index contributed by atoms with van der Waals surface area (Å²) in [5, 5.41) is 1.51.